The molecule has 3 rings (SSSR count). The molecule has 0 radical (unpaired) electrons. The van der Waals surface area contributed by atoms with Gasteiger partial charge in [0.25, 0.3) is 0 Å². The van der Waals surface area contributed by atoms with Crippen molar-refractivity contribution < 1.29 is 0 Å². The van der Waals surface area contributed by atoms with Gasteiger partial charge in [-0.3, -0.25) is 0 Å². The Labute approximate surface area is 133 Å². The van der Waals surface area contributed by atoms with Gasteiger partial charge in [0, 0.05) is 30.1 Å². The van der Waals surface area contributed by atoms with Gasteiger partial charge in [-0.15, -0.1) is 11.3 Å². The van der Waals surface area contributed by atoms with Crippen molar-refractivity contribution in [3.63, 3.8) is 0 Å². The number of halogens is 1. The average molecular weight is 319 g/mol. The van der Waals surface area contributed by atoms with E-state index in [-0.39, 0.29) is 0 Å². The van der Waals surface area contributed by atoms with Crippen molar-refractivity contribution in [2.45, 2.75) is 25.7 Å². The zero-order valence-electron chi connectivity index (χ0n) is 11.7. The Hall–Kier alpha value is -1.64. The van der Waals surface area contributed by atoms with Gasteiger partial charge in [-0.25, -0.2) is 9.97 Å². The lowest BCUT2D eigenvalue weighted by atomic mass is 9.98. The molecule has 6 heteroatoms. The summed E-state index contributed by atoms with van der Waals surface area (Å²) in [6.45, 7) is 3.88. The van der Waals surface area contributed by atoms with E-state index in [0.29, 0.717) is 16.6 Å². The van der Waals surface area contributed by atoms with E-state index in [9.17, 15) is 0 Å². The lowest BCUT2D eigenvalue weighted by Gasteiger charge is -2.32. The van der Waals surface area contributed by atoms with Crippen molar-refractivity contribution >= 4 is 28.8 Å². The molecule has 1 saturated heterocycles. The van der Waals surface area contributed by atoms with Crippen LogP contribution in [0.4, 0.5) is 5.82 Å². The minimum Gasteiger partial charge on any atom is -0.356 e. The molecule has 0 amide bonds. The lowest BCUT2D eigenvalue weighted by molar-refractivity contribution is 0.505. The largest absolute Gasteiger partial charge is 0.356 e. The van der Waals surface area contributed by atoms with E-state index in [4.69, 9.17) is 16.9 Å². The molecule has 2 aromatic heterocycles. The molecular formula is C15H15ClN4S. The molecule has 1 aliphatic heterocycles. The van der Waals surface area contributed by atoms with E-state index in [1.165, 1.54) is 5.01 Å². The maximum absolute atomic E-state index is 9.05. The molecular weight excluding hydrogens is 304 g/mol. The van der Waals surface area contributed by atoms with Crippen LogP contribution < -0.4 is 4.90 Å². The second-order valence-corrected chi connectivity index (χ2v) is 6.52. The predicted octanol–water partition coefficient (Wildman–Crippen LogP) is 3.76. The Morgan fingerprint density at radius 1 is 1.43 bits per heavy atom. The zero-order valence-corrected chi connectivity index (χ0v) is 13.3. The highest BCUT2D eigenvalue weighted by Gasteiger charge is 2.24. The Bertz CT molecular complexity index is 691. The first-order valence-corrected chi connectivity index (χ1v) is 8.17. The van der Waals surface area contributed by atoms with Gasteiger partial charge in [0.15, 0.2) is 5.69 Å². The fourth-order valence-electron chi connectivity index (χ4n) is 2.63. The van der Waals surface area contributed by atoms with Crippen molar-refractivity contribution in [1.29, 1.82) is 5.26 Å². The molecule has 0 saturated carbocycles. The van der Waals surface area contributed by atoms with Crippen LogP contribution in [0.3, 0.4) is 0 Å². The van der Waals surface area contributed by atoms with Crippen molar-refractivity contribution in [2.24, 2.45) is 0 Å². The highest BCUT2D eigenvalue weighted by Crippen LogP contribution is 2.31. The van der Waals surface area contributed by atoms with E-state index in [2.05, 4.69) is 20.2 Å². The third kappa shape index (κ3) is 3.02. The summed E-state index contributed by atoms with van der Waals surface area (Å²) in [5.41, 5.74) is 1.38. The molecule has 0 N–H and O–H groups in total. The van der Waals surface area contributed by atoms with Gasteiger partial charge in [0.1, 0.15) is 11.9 Å². The molecule has 21 heavy (non-hydrogen) atoms. The Kier molecular flexibility index (Phi) is 4.09. The number of rotatable bonds is 2. The molecule has 0 aromatic carbocycles. The Balaban J connectivity index is 1.81. The number of aromatic nitrogens is 2. The fourth-order valence-corrected chi connectivity index (χ4v) is 3.71. The molecule has 1 atom stereocenters. The maximum Gasteiger partial charge on any atom is 0.161 e. The molecule has 0 spiro atoms. The average Bonchev–Trinajstić information content (AvgIpc) is 2.94. The van der Waals surface area contributed by atoms with Crippen molar-refractivity contribution in [2.75, 3.05) is 18.0 Å². The third-order valence-corrected chi connectivity index (χ3v) is 5.10. The number of hydrogen-bond donors (Lipinski definition) is 0. The minimum absolute atomic E-state index is 0.293. The van der Waals surface area contributed by atoms with Crippen molar-refractivity contribution in [3.05, 3.63) is 38.9 Å². The number of pyridine rings is 1. The molecule has 1 fully saturated rings. The summed E-state index contributed by atoms with van der Waals surface area (Å²) in [4.78, 5) is 11.2. The van der Waals surface area contributed by atoms with Crippen LogP contribution in [0.25, 0.3) is 0 Å². The van der Waals surface area contributed by atoms with E-state index in [1.807, 2.05) is 19.1 Å². The predicted molar refractivity (Wildman–Crippen MR) is 85.0 cm³/mol. The van der Waals surface area contributed by atoms with Crippen LogP contribution in [0.1, 0.15) is 35.2 Å². The van der Waals surface area contributed by atoms with Crippen LogP contribution in [0.2, 0.25) is 5.02 Å². The van der Waals surface area contributed by atoms with Crippen LogP contribution in [0.5, 0.6) is 0 Å². The molecule has 4 nitrogen and oxygen atoms in total. The molecule has 1 aliphatic rings. The molecule has 108 valence electrons. The first kappa shape index (κ1) is 14.3. The molecule has 0 aliphatic carbocycles. The highest BCUT2D eigenvalue weighted by atomic mass is 35.5. The van der Waals surface area contributed by atoms with Gasteiger partial charge in [0.2, 0.25) is 0 Å². The SMILES string of the molecule is Cc1csc(C2CCCN(c3ccc(Cl)c(C#N)n3)C2)n1. The van der Waals surface area contributed by atoms with Gasteiger partial charge in [-0.1, -0.05) is 11.6 Å². The number of anilines is 1. The molecule has 1 unspecified atom stereocenters. The summed E-state index contributed by atoms with van der Waals surface area (Å²) in [5.74, 6) is 1.27. The Morgan fingerprint density at radius 3 is 3.00 bits per heavy atom. The van der Waals surface area contributed by atoms with Gasteiger partial charge in [-0.2, -0.15) is 5.26 Å². The van der Waals surface area contributed by atoms with Gasteiger partial charge in [-0.05, 0) is 31.9 Å². The summed E-state index contributed by atoms with van der Waals surface area (Å²) in [7, 11) is 0. The van der Waals surface area contributed by atoms with Crippen molar-refractivity contribution in [1.82, 2.24) is 9.97 Å². The number of hydrogen-bond acceptors (Lipinski definition) is 5. The van der Waals surface area contributed by atoms with Crippen LogP contribution >= 0.6 is 22.9 Å². The maximum atomic E-state index is 9.05. The number of aryl methyl sites for hydroxylation is 1. The zero-order chi connectivity index (χ0) is 14.8. The summed E-state index contributed by atoms with van der Waals surface area (Å²) >= 11 is 7.68. The van der Waals surface area contributed by atoms with Crippen LogP contribution in [0.15, 0.2) is 17.5 Å². The van der Waals surface area contributed by atoms with Gasteiger partial charge >= 0.3 is 0 Å². The van der Waals surface area contributed by atoms with E-state index in [1.54, 1.807) is 17.4 Å². The fraction of sp³-hybridized carbons (Fsp3) is 0.400. The molecule has 3 heterocycles. The van der Waals surface area contributed by atoms with E-state index >= 15 is 0 Å². The quantitative estimate of drug-likeness (QED) is 0.846. The second kappa shape index (κ2) is 6.00. The Morgan fingerprint density at radius 2 is 2.29 bits per heavy atom. The first-order chi connectivity index (χ1) is 10.2. The van der Waals surface area contributed by atoms with E-state index in [0.717, 1.165) is 37.4 Å². The number of piperidine rings is 1. The molecule has 0 bridgehead atoms. The standard InChI is InChI=1S/C15H15ClN4S/c1-10-9-21-15(18-10)11-3-2-6-20(8-11)14-5-4-12(16)13(7-17)19-14/h4-5,9,11H,2-3,6,8H2,1H3. The lowest BCUT2D eigenvalue weighted by Crippen LogP contribution is -2.35. The minimum atomic E-state index is 0.293. The smallest absolute Gasteiger partial charge is 0.161 e. The van der Waals surface area contributed by atoms with Crippen LogP contribution in [-0.4, -0.2) is 23.1 Å². The van der Waals surface area contributed by atoms with Gasteiger partial charge < -0.3 is 4.90 Å². The van der Waals surface area contributed by atoms with Gasteiger partial charge in [0.05, 0.1) is 10.0 Å². The summed E-state index contributed by atoms with van der Waals surface area (Å²) < 4.78 is 0. The molecule has 2 aromatic rings. The number of nitrogens with zero attached hydrogens (tertiary/aromatic N) is 4. The van der Waals surface area contributed by atoms with Crippen LogP contribution in [-0.2, 0) is 0 Å². The first-order valence-electron chi connectivity index (χ1n) is 6.91. The summed E-state index contributed by atoms with van der Waals surface area (Å²) in [5, 5.41) is 12.8. The van der Waals surface area contributed by atoms with Crippen molar-refractivity contribution in [3.8, 4) is 6.07 Å². The monoisotopic (exact) mass is 318 g/mol. The normalized spacial score (nSPS) is 18.5. The second-order valence-electron chi connectivity index (χ2n) is 5.22. The highest BCUT2D eigenvalue weighted by molar-refractivity contribution is 7.09. The summed E-state index contributed by atoms with van der Waals surface area (Å²) in [6.07, 6.45) is 2.26. The van der Waals surface area contributed by atoms with E-state index < -0.39 is 0 Å². The number of thiazole rings is 1. The summed E-state index contributed by atoms with van der Waals surface area (Å²) in [6, 6.07) is 5.68. The topological polar surface area (TPSA) is 52.8 Å². The number of nitriles is 1. The third-order valence-electron chi connectivity index (χ3n) is 3.67. The van der Waals surface area contributed by atoms with Crippen LogP contribution in [0, 0.1) is 18.3 Å².